The van der Waals surface area contributed by atoms with Crippen LogP contribution in [0.5, 0.6) is 0 Å². The lowest BCUT2D eigenvalue weighted by Gasteiger charge is -2.32. The quantitative estimate of drug-likeness (QED) is 0.581. The number of rotatable bonds is 5. The van der Waals surface area contributed by atoms with Gasteiger partial charge in [0.05, 0.1) is 23.9 Å². The van der Waals surface area contributed by atoms with E-state index in [1.54, 1.807) is 12.3 Å². The summed E-state index contributed by atoms with van der Waals surface area (Å²) in [5, 5.41) is 0.812. The van der Waals surface area contributed by atoms with Crippen molar-refractivity contribution in [3.05, 3.63) is 41.0 Å². The molecule has 0 amide bonds. The van der Waals surface area contributed by atoms with E-state index in [1.165, 1.54) is 25.8 Å². The fourth-order valence-corrected chi connectivity index (χ4v) is 3.71. The number of esters is 1. The highest BCUT2D eigenvalue weighted by Crippen LogP contribution is 2.39. The summed E-state index contributed by atoms with van der Waals surface area (Å²) < 4.78 is 17.3. The van der Waals surface area contributed by atoms with Gasteiger partial charge in [-0.05, 0) is 56.9 Å². The van der Waals surface area contributed by atoms with E-state index >= 15 is 0 Å². The third-order valence-electron chi connectivity index (χ3n) is 5.45. The zero-order valence-corrected chi connectivity index (χ0v) is 18.4. The lowest BCUT2D eigenvalue weighted by atomic mass is 9.78. The van der Waals surface area contributed by atoms with E-state index in [0.717, 1.165) is 21.9 Å². The first kappa shape index (κ1) is 21.7. The van der Waals surface area contributed by atoms with E-state index in [1.807, 2.05) is 45.9 Å². The third kappa shape index (κ3) is 4.44. The van der Waals surface area contributed by atoms with Crippen molar-refractivity contribution in [2.45, 2.75) is 45.8 Å². The molecule has 1 N–H and O–H groups in total. The van der Waals surface area contributed by atoms with Crippen LogP contribution < -0.4 is 0 Å². The molecule has 0 spiro atoms. The molecule has 1 aromatic carbocycles. The molecule has 1 aliphatic rings. The monoisotopic (exact) mass is 415 g/mol. The van der Waals surface area contributed by atoms with Crippen molar-refractivity contribution >= 4 is 46.9 Å². The molecule has 1 fully saturated rings. The predicted octanol–water partition coefficient (Wildman–Crippen LogP) is 4.25. The van der Waals surface area contributed by atoms with Gasteiger partial charge in [-0.2, -0.15) is 0 Å². The van der Waals surface area contributed by atoms with Crippen LogP contribution in [0.2, 0.25) is 0 Å². The van der Waals surface area contributed by atoms with Crippen LogP contribution in [-0.2, 0) is 18.8 Å². The van der Waals surface area contributed by atoms with Crippen LogP contribution in [0.1, 0.15) is 50.5 Å². The van der Waals surface area contributed by atoms with Gasteiger partial charge in [-0.1, -0.05) is 17.8 Å². The van der Waals surface area contributed by atoms with Crippen molar-refractivity contribution in [2.75, 3.05) is 12.9 Å². The zero-order valence-electron chi connectivity index (χ0n) is 17.6. The van der Waals surface area contributed by atoms with Gasteiger partial charge in [-0.25, -0.2) is 4.79 Å². The summed E-state index contributed by atoms with van der Waals surface area (Å²) in [6.07, 6.45) is 3.70. The van der Waals surface area contributed by atoms with E-state index in [0.29, 0.717) is 11.3 Å². The van der Waals surface area contributed by atoms with Crippen molar-refractivity contribution in [2.24, 2.45) is 0 Å². The van der Waals surface area contributed by atoms with Crippen LogP contribution in [0.25, 0.3) is 17.0 Å². The maximum absolute atomic E-state index is 12.2. The number of methoxy groups -OCH3 is 1. The van der Waals surface area contributed by atoms with Crippen LogP contribution in [0.15, 0.2) is 29.9 Å². The second-order valence-corrected chi connectivity index (χ2v) is 9.24. The number of thioether (sulfide) groups is 1. The Hall–Kier alpha value is -2.03. The first-order valence-corrected chi connectivity index (χ1v) is 10.4. The Balaban J connectivity index is 2.04. The maximum Gasteiger partial charge on any atom is 0.491 e. The Morgan fingerprint density at radius 1 is 1.21 bits per heavy atom. The number of aromatic amines is 1. The molecule has 1 aromatic heterocycles. The molecular formula is C21H26BNO5S. The Kier molecular flexibility index (Phi) is 5.99. The molecule has 8 heteroatoms. The Morgan fingerprint density at radius 2 is 1.86 bits per heavy atom. The Morgan fingerprint density at radius 3 is 2.45 bits per heavy atom. The zero-order chi connectivity index (χ0) is 21.4. The minimum atomic E-state index is -0.576. The molecule has 3 rings (SSSR count). The van der Waals surface area contributed by atoms with Gasteiger partial charge in [0.1, 0.15) is 0 Å². The number of ether oxygens (including phenoxy) is 1. The van der Waals surface area contributed by atoms with Crippen LogP contribution in [0.4, 0.5) is 0 Å². The summed E-state index contributed by atoms with van der Waals surface area (Å²) in [5.41, 5.74) is 1.95. The van der Waals surface area contributed by atoms with Gasteiger partial charge in [-0.15, -0.1) is 0 Å². The largest absolute Gasteiger partial charge is 0.491 e. The third-order valence-corrected chi connectivity index (χ3v) is 6.33. The average Bonchev–Trinajstić information content (AvgIpc) is 3.18. The molecule has 0 aliphatic carbocycles. The standard InChI is InChI=1S/C21H26BNO5S/c1-13(24)29-12-15(22-27-20(2,3)21(4,5)28-22)9-14-10-17(19(25)26-6)16-7-8-23-18(16)11-14/h7-11,23H,12H2,1-6H3. The van der Waals surface area contributed by atoms with Crippen molar-refractivity contribution in [1.29, 1.82) is 0 Å². The first-order chi connectivity index (χ1) is 13.5. The van der Waals surface area contributed by atoms with Gasteiger partial charge >= 0.3 is 13.1 Å². The second kappa shape index (κ2) is 8.01. The molecule has 0 saturated carbocycles. The van der Waals surface area contributed by atoms with Crippen molar-refractivity contribution < 1.29 is 23.6 Å². The second-order valence-electron chi connectivity index (χ2n) is 8.09. The summed E-state index contributed by atoms with van der Waals surface area (Å²) in [4.78, 5) is 27.0. The molecule has 29 heavy (non-hydrogen) atoms. The Bertz CT molecular complexity index is 963. The fourth-order valence-electron chi connectivity index (χ4n) is 3.12. The van der Waals surface area contributed by atoms with Gasteiger partial charge < -0.3 is 19.0 Å². The molecule has 154 valence electrons. The van der Waals surface area contributed by atoms with Crippen LogP contribution in [-0.4, -0.2) is 47.3 Å². The molecule has 2 aromatic rings. The summed E-state index contributed by atoms with van der Waals surface area (Å²) in [7, 11) is 0.788. The molecule has 1 aliphatic heterocycles. The van der Waals surface area contributed by atoms with Gasteiger partial charge in [0.15, 0.2) is 5.12 Å². The molecule has 0 atom stereocenters. The number of aromatic nitrogens is 1. The molecule has 6 nitrogen and oxygen atoms in total. The molecular weight excluding hydrogens is 389 g/mol. The van der Waals surface area contributed by atoms with E-state index in [2.05, 4.69) is 4.98 Å². The minimum Gasteiger partial charge on any atom is -0.465 e. The molecule has 1 saturated heterocycles. The average molecular weight is 415 g/mol. The number of carbonyl (C=O) groups excluding carboxylic acids is 2. The number of fused-ring (bicyclic) bond motifs is 1. The Labute approximate surface area is 175 Å². The number of H-pyrrole nitrogens is 1. The number of hydrogen-bond donors (Lipinski definition) is 1. The van der Waals surface area contributed by atoms with Gasteiger partial charge in [0.25, 0.3) is 0 Å². The lowest BCUT2D eigenvalue weighted by molar-refractivity contribution is -0.109. The van der Waals surface area contributed by atoms with Crippen molar-refractivity contribution in [3.8, 4) is 0 Å². The summed E-state index contributed by atoms with van der Waals surface area (Å²) in [6, 6.07) is 5.58. The SMILES string of the molecule is COC(=O)c1cc(C=C(CSC(C)=O)B2OC(C)(C)C(C)(C)O2)cc2[nH]ccc12. The van der Waals surface area contributed by atoms with Gasteiger partial charge in [0.2, 0.25) is 0 Å². The van der Waals surface area contributed by atoms with Crippen LogP contribution >= 0.6 is 11.8 Å². The van der Waals surface area contributed by atoms with E-state index in [9.17, 15) is 9.59 Å². The number of benzene rings is 1. The normalized spacial score (nSPS) is 18.3. The van der Waals surface area contributed by atoms with Gasteiger partial charge in [0, 0.05) is 29.8 Å². The number of hydrogen-bond acceptors (Lipinski definition) is 6. The van der Waals surface area contributed by atoms with Crippen molar-refractivity contribution in [3.63, 3.8) is 0 Å². The summed E-state index contributed by atoms with van der Waals surface area (Å²) in [5.74, 6) is 0.0304. The van der Waals surface area contributed by atoms with Crippen molar-refractivity contribution in [1.82, 2.24) is 4.98 Å². The highest BCUT2D eigenvalue weighted by atomic mass is 32.2. The molecule has 0 unspecified atom stereocenters. The van der Waals surface area contributed by atoms with Crippen LogP contribution in [0.3, 0.4) is 0 Å². The summed E-state index contributed by atoms with van der Waals surface area (Å²) in [6.45, 7) is 9.49. The smallest absolute Gasteiger partial charge is 0.465 e. The molecule has 2 heterocycles. The van der Waals surface area contributed by atoms with E-state index in [-0.39, 0.29) is 5.12 Å². The lowest BCUT2D eigenvalue weighted by Crippen LogP contribution is -2.41. The first-order valence-electron chi connectivity index (χ1n) is 9.43. The number of carbonyl (C=O) groups is 2. The predicted molar refractivity (Wildman–Crippen MR) is 117 cm³/mol. The maximum atomic E-state index is 12.2. The number of nitrogens with one attached hydrogen (secondary N) is 1. The minimum absolute atomic E-state index is 0.0162. The highest BCUT2D eigenvalue weighted by Gasteiger charge is 2.52. The molecule has 0 radical (unpaired) electrons. The van der Waals surface area contributed by atoms with Gasteiger partial charge in [-0.3, -0.25) is 4.79 Å². The van der Waals surface area contributed by atoms with E-state index in [4.69, 9.17) is 14.0 Å². The fraction of sp³-hybridized carbons (Fsp3) is 0.429. The summed E-state index contributed by atoms with van der Waals surface area (Å²) >= 11 is 1.20. The molecule has 0 bridgehead atoms. The van der Waals surface area contributed by atoms with Crippen LogP contribution in [0, 0.1) is 0 Å². The van der Waals surface area contributed by atoms with E-state index < -0.39 is 24.3 Å². The highest BCUT2D eigenvalue weighted by molar-refractivity contribution is 8.13. The topological polar surface area (TPSA) is 77.6 Å².